The number of aliphatic hydroxyl groups is 1. The highest BCUT2D eigenvalue weighted by molar-refractivity contribution is 7.99. The minimum Gasteiger partial charge on any atom is -0.511 e. The molecule has 0 fully saturated rings. The summed E-state index contributed by atoms with van der Waals surface area (Å²) in [4.78, 5) is 18.0. The number of ketones is 1. The molecule has 0 radical (unpaired) electrons. The van der Waals surface area contributed by atoms with Gasteiger partial charge in [0.25, 0.3) is 0 Å². The summed E-state index contributed by atoms with van der Waals surface area (Å²) in [6, 6.07) is 0. The molecule has 1 rings (SSSR count). The molecule has 0 saturated heterocycles. The molecule has 4 nitrogen and oxygen atoms in total. The summed E-state index contributed by atoms with van der Waals surface area (Å²) in [5, 5.41) is 15.4. The lowest BCUT2D eigenvalue weighted by atomic mass is 9.81. The maximum atomic E-state index is 12.8. The zero-order valence-corrected chi connectivity index (χ0v) is 18.6. The van der Waals surface area contributed by atoms with Crippen molar-refractivity contribution in [1.29, 1.82) is 0 Å². The molecule has 2 atom stereocenters. The Morgan fingerprint density at radius 2 is 1.93 bits per heavy atom. The van der Waals surface area contributed by atoms with E-state index in [1.54, 1.807) is 0 Å². The lowest BCUT2D eigenvalue weighted by Gasteiger charge is -2.27. The first-order valence-electron chi connectivity index (χ1n) is 10.8. The van der Waals surface area contributed by atoms with Crippen LogP contribution in [0.15, 0.2) is 16.5 Å². The molecule has 5 heteroatoms. The minimum absolute atomic E-state index is 0.0344. The average molecular weight is 398 g/mol. The van der Waals surface area contributed by atoms with E-state index >= 15 is 0 Å². The van der Waals surface area contributed by atoms with E-state index in [9.17, 15) is 9.90 Å². The van der Waals surface area contributed by atoms with Crippen LogP contribution in [0.2, 0.25) is 0 Å². The van der Waals surface area contributed by atoms with E-state index in [-0.39, 0.29) is 17.5 Å². The summed E-state index contributed by atoms with van der Waals surface area (Å²) in [7, 11) is 0. The van der Waals surface area contributed by atoms with E-state index in [0.29, 0.717) is 42.4 Å². The molecule has 0 heterocycles. The Morgan fingerprint density at radius 3 is 2.52 bits per heavy atom. The van der Waals surface area contributed by atoms with Crippen molar-refractivity contribution in [3.05, 3.63) is 11.3 Å². The number of carbonyl (C=O) groups excluding carboxylic acids is 1. The fraction of sp³-hybridized carbons (Fsp3) is 0.818. The lowest BCUT2D eigenvalue weighted by Crippen LogP contribution is -2.26. The molecule has 0 spiro atoms. The van der Waals surface area contributed by atoms with Gasteiger partial charge in [-0.05, 0) is 50.7 Å². The molecule has 2 unspecified atom stereocenters. The largest absolute Gasteiger partial charge is 0.511 e. The number of hydrogen-bond donors (Lipinski definition) is 1. The molecule has 0 bridgehead atoms. The number of rotatable bonds is 14. The van der Waals surface area contributed by atoms with Gasteiger partial charge in [-0.2, -0.15) is 11.8 Å². The van der Waals surface area contributed by atoms with Crippen molar-refractivity contribution in [2.24, 2.45) is 11.1 Å². The summed E-state index contributed by atoms with van der Waals surface area (Å²) in [6.45, 7) is 8.89. The van der Waals surface area contributed by atoms with Crippen LogP contribution in [0.5, 0.6) is 0 Å². The number of allylic oxidation sites excluding steroid dienone is 2. The number of thioether (sulfide) groups is 1. The van der Waals surface area contributed by atoms with Gasteiger partial charge >= 0.3 is 0 Å². The van der Waals surface area contributed by atoms with Crippen LogP contribution in [0.1, 0.15) is 91.9 Å². The van der Waals surface area contributed by atoms with E-state index in [1.807, 2.05) is 18.7 Å². The highest BCUT2D eigenvalue weighted by atomic mass is 32.2. The van der Waals surface area contributed by atoms with Gasteiger partial charge in [-0.25, -0.2) is 0 Å². The Kier molecular flexibility index (Phi) is 12.6. The number of unbranched alkanes of at least 4 members (excludes halogenated alkanes) is 2. The zero-order chi connectivity index (χ0) is 20.1. The second-order valence-electron chi connectivity index (χ2n) is 7.45. The number of aliphatic hydroxyl groups excluding tert-OH is 1. The Bertz CT molecular complexity index is 502. The van der Waals surface area contributed by atoms with Crippen LogP contribution in [-0.2, 0) is 9.63 Å². The van der Waals surface area contributed by atoms with Crippen molar-refractivity contribution in [1.82, 2.24) is 0 Å². The number of nitrogens with zero attached hydrogens (tertiary/aromatic N) is 1. The van der Waals surface area contributed by atoms with Crippen LogP contribution < -0.4 is 0 Å². The maximum Gasteiger partial charge on any atom is 0.168 e. The molecule has 156 valence electrons. The maximum absolute atomic E-state index is 12.8. The molecule has 0 amide bonds. The normalized spacial score (nSPS) is 19.5. The molecule has 0 saturated carbocycles. The molecule has 0 aromatic heterocycles. The van der Waals surface area contributed by atoms with Gasteiger partial charge in [0.1, 0.15) is 12.4 Å². The number of hydrogen-bond acceptors (Lipinski definition) is 5. The van der Waals surface area contributed by atoms with Crippen molar-refractivity contribution in [2.75, 3.05) is 12.4 Å². The second kappa shape index (κ2) is 14.1. The van der Waals surface area contributed by atoms with E-state index in [0.717, 1.165) is 19.3 Å². The zero-order valence-electron chi connectivity index (χ0n) is 17.8. The van der Waals surface area contributed by atoms with Crippen molar-refractivity contribution in [2.45, 2.75) is 97.2 Å². The van der Waals surface area contributed by atoms with E-state index in [2.05, 4.69) is 25.9 Å². The summed E-state index contributed by atoms with van der Waals surface area (Å²) in [5.74, 6) is 1.69. The van der Waals surface area contributed by atoms with Crippen LogP contribution in [0.3, 0.4) is 0 Å². The van der Waals surface area contributed by atoms with Gasteiger partial charge in [0.15, 0.2) is 5.78 Å². The van der Waals surface area contributed by atoms with E-state index in [1.165, 1.54) is 31.4 Å². The fourth-order valence-corrected chi connectivity index (χ4v) is 5.13. The predicted molar refractivity (Wildman–Crippen MR) is 117 cm³/mol. The van der Waals surface area contributed by atoms with Crippen LogP contribution in [-0.4, -0.2) is 34.2 Å². The summed E-state index contributed by atoms with van der Waals surface area (Å²) < 4.78 is 0. The van der Waals surface area contributed by atoms with Crippen LogP contribution in [0.4, 0.5) is 0 Å². The monoisotopic (exact) mass is 397 g/mol. The Labute approximate surface area is 170 Å². The topological polar surface area (TPSA) is 58.9 Å². The highest BCUT2D eigenvalue weighted by Gasteiger charge is 2.32. The number of carbonyl (C=O) groups is 1. The first kappa shape index (κ1) is 24.1. The molecule has 1 aliphatic carbocycles. The van der Waals surface area contributed by atoms with Gasteiger partial charge in [-0.15, -0.1) is 0 Å². The Morgan fingerprint density at radius 1 is 1.19 bits per heavy atom. The number of oxime groups is 1. The first-order chi connectivity index (χ1) is 13.1. The van der Waals surface area contributed by atoms with Gasteiger partial charge < -0.3 is 9.94 Å². The highest BCUT2D eigenvalue weighted by Crippen LogP contribution is 2.34. The molecule has 0 aromatic rings. The molecular weight excluding hydrogens is 358 g/mol. The van der Waals surface area contributed by atoms with Crippen LogP contribution in [0, 0.1) is 5.92 Å². The average Bonchev–Trinajstić information content (AvgIpc) is 2.63. The molecule has 0 aromatic carbocycles. The van der Waals surface area contributed by atoms with Gasteiger partial charge in [0.05, 0.1) is 11.3 Å². The van der Waals surface area contributed by atoms with Gasteiger partial charge in [-0.3, -0.25) is 4.79 Å². The molecule has 1 aliphatic rings. The van der Waals surface area contributed by atoms with Crippen molar-refractivity contribution < 1.29 is 14.7 Å². The lowest BCUT2D eigenvalue weighted by molar-refractivity contribution is -0.116. The first-order valence-corrected chi connectivity index (χ1v) is 11.9. The smallest absolute Gasteiger partial charge is 0.168 e. The van der Waals surface area contributed by atoms with Gasteiger partial charge in [-0.1, -0.05) is 45.2 Å². The third kappa shape index (κ3) is 8.71. The number of Topliss-reactive ketones (excluding diaryl/α,β-unsaturated/α-hetero) is 1. The van der Waals surface area contributed by atoms with Crippen molar-refractivity contribution in [3.63, 3.8) is 0 Å². The second-order valence-corrected chi connectivity index (χ2v) is 8.86. The van der Waals surface area contributed by atoms with Gasteiger partial charge in [0.2, 0.25) is 0 Å². The third-order valence-corrected chi connectivity index (χ3v) is 6.37. The minimum atomic E-state index is 0.0344. The van der Waals surface area contributed by atoms with Crippen molar-refractivity contribution >= 4 is 23.3 Å². The third-order valence-electron chi connectivity index (χ3n) is 4.94. The fourth-order valence-electron chi connectivity index (χ4n) is 3.53. The molecular formula is C22H39NO3S. The van der Waals surface area contributed by atoms with E-state index in [4.69, 9.17) is 4.84 Å². The Balaban J connectivity index is 2.82. The quantitative estimate of drug-likeness (QED) is 0.208. The molecule has 27 heavy (non-hydrogen) atoms. The van der Waals surface area contributed by atoms with Crippen molar-refractivity contribution in [3.8, 4) is 0 Å². The molecule has 1 N–H and O–H groups in total. The predicted octanol–water partition coefficient (Wildman–Crippen LogP) is 6.45. The summed E-state index contributed by atoms with van der Waals surface area (Å²) in [6.07, 6.45) is 9.58. The van der Waals surface area contributed by atoms with Gasteiger partial charge in [0, 0.05) is 18.1 Å². The standard InChI is InChI=1S/C22H39NO3S/c1-5-9-12-19(23-26-8-4)22-20(24)15-17(16-21(22)25)14-18(11-7-3)27-13-10-6-2/h17-18,24H,5-16H2,1-4H3/b23-19+. The Hall–Kier alpha value is -0.970. The summed E-state index contributed by atoms with van der Waals surface area (Å²) in [5.41, 5.74) is 1.06. The van der Waals surface area contributed by atoms with Crippen LogP contribution in [0.25, 0.3) is 0 Å². The summed E-state index contributed by atoms with van der Waals surface area (Å²) >= 11 is 2.04. The van der Waals surface area contributed by atoms with E-state index < -0.39 is 0 Å². The SMILES string of the molecule is CCCCSC(CCC)CC1CC(=O)C(/C(CCCC)=N/OCC)=C(O)C1. The van der Waals surface area contributed by atoms with Crippen LogP contribution >= 0.6 is 11.8 Å². The molecule has 0 aliphatic heterocycles.